The van der Waals surface area contributed by atoms with Crippen molar-refractivity contribution >= 4 is 22.8 Å². The molecule has 1 N–H and O–H groups in total. The van der Waals surface area contributed by atoms with Crippen LogP contribution in [-0.2, 0) is 12.4 Å². The Morgan fingerprint density at radius 1 is 0.949 bits per heavy atom. The summed E-state index contributed by atoms with van der Waals surface area (Å²) in [6.45, 7) is 1.97. The van der Waals surface area contributed by atoms with E-state index >= 15 is 0 Å². The third-order valence-electron chi connectivity index (χ3n) is 6.43. The number of imidazole rings is 1. The topological polar surface area (TPSA) is 48.1 Å². The highest BCUT2D eigenvalue weighted by molar-refractivity contribution is 5.94. The van der Waals surface area contributed by atoms with Gasteiger partial charge in [0.2, 0.25) is 5.95 Å². The predicted octanol–water partition coefficient (Wildman–Crippen LogP) is 6.60. The van der Waals surface area contributed by atoms with Gasteiger partial charge in [0.25, 0.3) is 0 Å². The molecule has 1 saturated heterocycles. The minimum atomic E-state index is -4.82. The third kappa shape index (κ3) is 4.94. The van der Waals surface area contributed by atoms with Gasteiger partial charge in [0.05, 0.1) is 22.2 Å². The fourth-order valence-electron chi connectivity index (χ4n) is 4.61. The van der Waals surface area contributed by atoms with Gasteiger partial charge in [-0.2, -0.15) is 26.3 Å². The summed E-state index contributed by atoms with van der Waals surface area (Å²) in [6.07, 6.45) is -8.34. The highest BCUT2D eigenvalue weighted by atomic mass is 19.4. The number of nitrogens with zero attached hydrogens (tertiary/aromatic N) is 4. The van der Waals surface area contributed by atoms with E-state index in [9.17, 15) is 39.5 Å². The molecule has 1 atom stereocenters. The van der Waals surface area contributed by atoms with Crippen LogP contribution in [0.5, 0.6) is 0 Å². The number of nitrogens with one attached hydrogen (secondary N) is 1. The summed E-state index contributed by atoms with van der Waals surface area (Å²) in [7, 11) is 0. The van der Waals surface area contributed by atoms with Crippen LogP contribution in [0.2, 0.25) is 0 Å². The van der Waals surface area contributed by atoms with Crippen LogP contribution in [0.1, 0.15) is 18.1 Å². The van der Waals surface area contributed by atoms with E-state index in [0.717, 1.165) is 18.3 Å². The molecule has 0 aliphatic carbocycles. The number of pyridine rings is 1. The number of H-pyrrole nitrogens is 1. The van der Waals surface area contributed by atoms with Crippen LogP contribution in [-0.4, -0.2) is 40.6 Å². The Bertz CT molecular complexity index is 1520. The van der Waals surface area contributed by atoms with Crippen LogP contribution < -0.4 is 9.80 Å². The Hall–Kier alpha value is -3.97. The molecular weight excluding hydrogens is 541 g/mol. The molecule has 1 radical (unpaired) electrons. The fourth-order valence-corrected chi connectivity index (χ4v) is 4.61. The minimum absolute atomic E-state index is 0.0577. The van der Waals surface area contributed by atoms with Crippen molar-refractivity contribution in [2.75, 3.05) is 29.4 Å². The first-order valence-electron chi connectivity index (χ1n) is 11.4. The van der Waals surface area contributed by atoms with Crippen LogP contribution in [0.25, 0.3) is 22.2 Å². The lowest BCUT2D eigenvalue weighted by Crippen LogP contribution is -2.53. The molecule has 0 amide bonds. The standard InChI is InChI=1S/C25H17F9N5/c1-12-11-38(22-16(25(32,33)34)3-2-4-35-22)5-6-39(12)23-36-19-10-14(24(29,30)31)9-15(21(19)37-23)13-7-17(26)20(28)18(27)8-13/h3-4,7-10,12H,5-6,11H2,1H3,(H,36,37)/t12-/m1/s1. The highest BCUT2D eigenvalue weighted by Gasteiger charge is 2.38. The first-order chi connectivity index (χ1) is 18.2. The lowest BCUT2D eigenvalue weighted by molar-refractivity contribution is -0.138. The number of fused-ring (bicyclic) bond motifs is 1. The Morgan fingerprint density at radius 3 is 2.26 bits per heavy atom. The van der Waals surface area contributed by atoms with Crippen molar-refractivity contribution < 1.29 is 39.5 Å². The van der Waals surface area contributed by atoms with E-state index in [-0.39, 0.29) is 53.6 Å². The second-order valence-corrected chi connectivity index (χ2v) is 9.02. The van der Waals surface area contributed by atoms with Crippen molar-refractivity contribution in [2.45, 2.75) is 25.3 Å². The number of halogens is 9. The SMILES string of the molecule is C[C@@H]1CN(c2nc[c]cc2C(F)(F)F)CCN1c1nc2c(-c3cc(F)c(F)c(F)c3)cc(C(F)(F)F)cc2[nH]1. The normalized spacial score (nSPS) is 16.8. The minimum Gasteiger partial charge on any atom is -0.352 e. The smallest absolute Gasteiger partial charge is 0.352 e. The number of rotatable bonds is 3. The van der Waals surface area contributed by atoms with E-state index in [4.69, 9.17) is 0 Å². The van der Waals surface area contributed by atoms with E-state index in [1.54, 1.807) is 11.8 Å². The monoisotopic (exact) mass is 558 g/mol. The van der Waals surface area contributed by atoms with Crippen LogP contribution in [0.3, 0.4) is 0 Å². The summed E-state index contributed by atoms with van der Waals surface area (Å²) in [5.74, 6) is -5.10. The van der Waals surface area contributed by atoms with Crippen LogP contribution >= 0.6 is 0 Å². The fraction of sp³-hybridized carbons (Fsp3) is 0.280. The molecule has 5 nitrogen and oxygen atoms in total. The summed E-state index contributed by atoms with van der Waals surface area (Å²) in [6, 6.07) is 5.25. The van der Waals surface area contributed by atoms with Gasteiger partial charge in [0.1, 0.15) is 5.82 Å². The largest absolute Gasteiger partial charge is 0.419 e. The maximum Gasteiger partial charge on any atom is 0.419 e. The number of aromatic amines is 1. The molecule has 1 fully saturated rings. The molecule has 5 rings (SSSR count). The summed E-state index contributed by atoms with van der Waals surface area (Å²) in [5.41, 5.74) is -2.88. The molecule has 2 aromatic heterocycles. The molecule has 0 spiro atoms. The Kier molecular flexibility index (Phi) is 6.38. The summed E-state index contributed by atoms with van der Waals surface area (Å²) in [4.78, 5) is 14.1. The van der Waals surface area contributed by atoms with Crippen LogP contribution in [0.15, 0.2) is 36.5 Å². The van der Waals surface area contributed by atoms with E-state index in [2.05, 4.69) is 21.0 Å². The quantitative estimate of drug-likeness (QED) is 0.228. The first kappa shape index (κ1) is 26.6. The first-order valence-corrected chi connectivity index (χ1v) is 11.4. The van der Waals surface area contributed by atoms with Gasteiger partial charge in [-0.25, -0.2) is 23.1 Å². The van der Waals surface area contributed by atoms with Crippen molar-refractivity contribution in [3.63, 3.8) is 0 Å². The number of hydrogen-bond acceptors (Lipinski definition) is 4. The molecular formula is C25H17F9N5. The molecule has 0 unspecified atom stereocenters. The summed E-state index contributed by atoms with van der Waals surface area (Å²) < 4.78 is 123. The van der Waals surface area contributed by atoms with Crippen LogP contribution in [0.4, 0.5) is 51.3 Å². The van der Waals surface area contributed by atoms with E-state index in [1.807, 2.05) is 0 Å². The number of piperazine rings is 1. The molecule has 2 aromatic carbocycles. The second-order valence-electron chi connectivity index (χ2n) is 9.02. The predicted molar refractivity (Wildman–Crippen MR) is 124 cm³/mol. The van der Waals surface area contributed by atoms with Gasteiger partial charge in [-0.1, -0.05) is 0 Å². The van der Waals surface area contributed by atoms with Crippen molar-refractivity contribution in [3.8, 4) is 11.1 Å². The molecule has 0 bridgehead atoms. The zero-order valence-corrected chi connectivity index (χ0v) is 19.9. The summed E-state index contributed by atoms with van der Waals surface area (Å²) >= 11 is 0. The number of hydrogen-bond donors (Lipinski definition) is 1. The maximum atomic E-state index is 13.9. The molecule has 3 heterocycles. The third-order valence-corrected chi connectivity index (χ3v) is 6.43. The number of alkyl halides is 6. The Labute approximate surface area is 214 Å². The number of benzene rings is 2. The number of anilines is 2. The number of aromatic nitrogens is 3. The lowest BCUT2D eigenvalue weighted by Gasteiger charge is -2.40. The Morgan fingerprint density at radius 2 is 1.64 bits per heavy atom. The molecule has 0 saturated carbocycles. The van der Waals surface area contributed by atoms with Gasteiger partial charge in [-0.3, -0.25) is 0 Å². The Balaban J connectivity index is 1.53. The summed E-state index contributed by atoms with van der Waals surface area (Å²) in [5, 5.41) is 0. The van der Waals surface area contributed by atoms with Crippen molar-refractivity contribution in [1.29, 1.82) is 0 Å². The van der Waals surface area contributed by atoms with Gasteiger partial charge in [-0.15, -0.1) is 0 Å². The lowest BCUT2D eigenvalue weighted by atomic mass is 10.0. The molecule has 1 aliphatic heterocycles. The zero-order valence-electron chi connectivity index (χ0n) is 19.9. The molecule has 205 valence electrons. The van der Waals surface area contributed by atoms with Gasteiger partial charge >= 0.3 is 12.4 Å². The van der Waals surface area contributed by atoms with Gasteiger partial charge in [-0.05, 0) is 42.8 Å². The van der Waals surface area contributed by atoms with E-state index in [0.29, 0.717) is 18.2 Å². The molecule has 14 heteroatoms. The average molecular weight is 558 g/mol. The van der Waals surface area contributed by atoms with Gasteiger partial charge < -0.3 is 14.8 Å². The van der Waals surface area contributed by atoms with Crippen molar-refractivity contribution in [3.05, 3.63) is 71.2 Å². The average Bonchev–Trinajstić information content (AvgIpc) is 3.29. The maximum absolute atomic E-state index is 13.9. The highest BCUT2D eigenvalue weighted by Crippen LogP contribution is 2.39. The van der Waals surface area contributed by atoms with Gasteiger partial charge in [0.15, 0.2) is 17.5 Å². The zero-order chi connectivity index (χ0) is 28.3. The van der Waals surface area contributed by atoms with E-state index < -0.39 is 47.0 Å². The van der Waals surface area contributed by atoms with Crippen LogP contribution in [0, 0.1) is 23.5 Å². The van der Waals surface area contributed by atoms with Crippen molar-refractivity contribution in [1.82, 2.24) is 15.0 Å². The molecule has 4 aromatic rings. The van der Waals surface area contributed by atoms with Crippen molar-refractivity contribution in [2.24, 2.45) is 0 Å². The second kappa shape index (κ2) is 9.35. The van der Waals surface area contributed by atoms with E-state index in [1.165, 1.54) is 4.90 Å². The molecule has 1 aliphatic rings. The molecule has 39 heavy (non-hydrogen) atoms. The van der Waals surface area contributed by atoms with Gasteiger partial charge in [0, 0.05) is 43.5 Å².